The van der Waals surface area contributed by atoms with Gasteiger partial charge in [-0.2, -0.15) is 0 Å². The smallest absolute Gasteiger partial charge is 0.256 e. The monoisotopic (exact) mass is 579 g/mol. The van der Waals surface area contributed by atoms with E-state index in [1.807, 2.05) is 57.2 Å². The number of carbonyl (C=O) groups excluding carboxylic acids is 3. The third-order valence-electron chi connectivity index (χ3n) is 9.26. The molecular formula is C35H41N5O3. The molecule has 2 saturated heterocycles. The van der Waals surface area contributed by atoms with E-state index in [0.29, 0.717) is 28.0 Å². The Labute approximate surface area is 253 Å². The maximum atomic E-state index is 13.9. The predicted molar refractivity (Wildman–Crippen MR) is 170 cm³/mol. The molecule has 2 unspecified atom stereocenters. The fraction of sp³-hybridized carbons (Fsp3) is 0.400. The van der Waals surface area contributed by atoms with Crippen LogP contribution in [0.3, 0.4) is 0 Å². The maximum Gasteiger partial charge on any atom is 0.256 e. The van der Waals surface area contributed by atoms with Crippen molar-refractivity contribution in [2.75, 3.05) is 31.5 Å². The van der Waals surface area contributed by atoms with Crippen LogP contribution in [0.15, 0.2) is 48.5 Å². The van der Waals surface area contributed by atoms with Crippen molar-refractivity contribution < 1.29 is 14.4 Å². The first-order chi connectivity index (χ1) is 20.8. The summed E-state index contributed by atoms with van der Waals surface area (Å²) in [7, 11) is 0. The fourth-order valence-electron chi connectivity index (χ4n) is 6.90. The van der Waals surface area contributed by atoms with E-state index < -0.39 is 0 Å². The summed E-state index contributed by atoms with van der Waals surface area (Å²) < 4.78 is 0. The Hall–Kier alpha value is -4.17. The Kier molecular flexibility index (Phi) is 8.21. The molecule has 43 heavy (non-hydrogen) atoms. The Balaban J connectivity index is 1.24. The number of likely N-dealkylation sites (tertiary alicyclic amines) is 2. The van der Waals surface area contributed by atoms with Crippen molar-refractivity contribution in [2.24, 2.45) is 0 Å². The number of amides is 3. The van der Waals surface area contributed by atoms with E-state index >= 15 is 0 Å². The predicted octanol–water partition coefficient (Wildman–Crippen LogP) is 5.71. The van der Waals surface area contributed by atoms with Gasteiger partial charge in [0.15, 0.2) is 0 Å². The van der Waals surface area contributed by atoms with Gasteiger partial charge in [-0.15, -0.1) is 0 Å². The van der Waals surface area contributed by atoms with Crippen molar-refractivity contribution in [3.63, 3.8) is 0 Å². The van der Waals surface area contributed by atoms with E-state index in [1.165, 1.54) is 12.8 Å². The minimum Gasteiger partial charge on any atom is -0.358 e. The summed E-state index contributed by atoms with van der Waals surface area (Å²) in [6.45, 7) is 9.89. The van der Waals surface area contributed by atoms with E-state index in [1.54, 1.807) is 18.2 Å². The van der Waals surface area contributed by atoms with Crippen molar-refractivity contribution in [2.45, 2.75) is 65.0 Å². The number of anilines is 1. The first kappa shape index (κ1) is 28.9. The first-order valence-electron chi connectivity index (χ1n) is 15.6. The highest BCUT2D eigenvalue weighted by Gasteiger charge is 2.34. The number of rotatable bonds is 8. The van der Waals surface area contributed by atoms with E-state index in [0.717, 1.165) is 68.0 Å². The van der Waals surface area contributed by atoms with Gasteiger partial charge >= 0.3 is 0 Å². The van der Waals surface area contributed by atoms with Crippen LogP contribution in [0, 0.1) is 13.8 Å². The van der Waals surface area contributed by atoms with E-state index in [-0.39, 0.29) is 29.8 Å². The van der Waals surface area contributed by atoms with Crippen molar-refractivity contribution in [1.29, 1.82) is 0 Å². The number of aryl methyl sites for hydroxylation is 1. The minimum absolute atomic E-state index is 0.0664. The Morgan fingerprint density at radius 2 is 1.81 bits per heavy atom. The molecule has 8 heteroatoms. The number of aromatic nitrogens is 1. The molecule has 3 aliphatic rings. The zero-order valence-corrected chi connectivity index (χ0v) is 25.3. The van der Waals surface area contributed by atoms with Gasteiger partial charge < -0.3 is 25.4 Å². The van der Waals surface area contributed by atoms with Gasteiger partial charge in [0.2, 0.25) is 0 Å². The van der Waals surface area contributed by atoms with Crippen LogP contribution in [0.4, 0.5) is 5.69 Å². The number of H-pyrrole nitrogens is 1. The lowest BCUT2D eigenvalue weighted by Gasteiger charge is -2.28. The molecule has 0 spiro atoms. The normalized spacial score (nSPS) is 20.0. The molecule has 3 aliphatic heterocycles. The molecular weight excluding hydrogens is 538 g/mol. The van der Waals surface area contributed by atoms with Gasteiger partial charge in [-0.1, -0.05) is 37.3 Å². The molecule has 4 heterocycles. The fourth-order valence-corrected chi connectivity index (χ4v) is 6.90. The summed E-state index contributed by atoms with van der Waals surface area (Å²) in [5.41, 5.74) is 6.43. The highest BCUT2D eigenvalue weighted by Crippen LogP contribution is 2.35. The maximum absolute atomic E-state index is 13.9. The number of hydrogen-bond donors (Lipinski definition) is 3. The van der Waals surface area contributed by atoms with E-state index in [9.17, 15) is 14.4 Å². The van der Waals surface area contributed by atoms with Crippen molar-refractivity contribution >= 4 is 35.1 Å². The van der Waals surface area contributed by atoms with Crippen molar-refractivity contribution in [1.82, 2.24) is 20.1 Å². The molecule has 8 nitrogen and oxygen atoms in total. The third kappa shape index (κ3) is 5.76. The number of benzene rings is 2. The summed E-state index contributed by atoms with van der Waals surface area (Å²) in [6.07, 6.45) is 7.12. The van der Waals surface area contributed by atoms with Crippen LogP contribution in [0.25, 0.3) is 11.6 Å². The molecule has 6 rings (SSSR count). The molecule has 0 radical (unpaired) electrons. The zero-order chi connectivity index (χ0) is 30.1. The molecule has 3 amide bonds. The van der Waals surface area contributed by atoms with E-state index in [2.05, 4.69) is 25.4 Å². The summed E-state index contributed by atoms with van der Waals surface area (Å²) >= 11 is 0. The van der Waals surface area contributed by atoms with Gasteiger partial charge in [-0.3, -0.25) is 14.4 Å². The standard InChI is InChI=1S/C35H41N5O3/c1-4-29(24-11-6-5-7-12-24)37-33(41)25-14-15-30-27(19-25)28(34(42)38-30)20-31-22(2)32(23(3)36-31)35(43)40-18-10-13-26(40)21-39-16-8-9-17-39/h5-7,11-12,14-15,19-20,26,29,36H,4,8-10,13,16-18,21H2,1-3H3,(H,37,41)(H,38,42). The van der Waals surface area contributed by atoms with E-state index in [4.69, 9.17) is 0 Å². The lowest BCUT2D eigenvalue weighted by atomic mass is 10.0. The number of aromatic amines is 1. The summed E-state index contributed by atoms with van der Waals surface area (Å²) in [6, 6.07) is 15.3. The second-order valence-corrected chi connectivity index (χ2v) is 12.1. The second-order valence-electron chi connectivity index (χ2n) is 12.1. The van der Waals surface area contributed by atoms with Gasteiger partial charge in [0.05, 0.1) is 17.2 Å². The summed E-state index contributed by atoms with van der Waals surface area (Å²) in [4.78, 5) is 48.2. The molecule has 0 aliphatic carbocycles. The number of nitrogens with one attached hydrogen (secondary N) is 3. The molecule has 3 aromatic rings. The van der Waals surface area contributed by atoms with Gasteiger partial charge in [0.1, 0.15) is 0 Å². The quantitative estimate of drug-likeness (QED) is 0.298. The van der Waals surface area contributed by atoms with Gasteiger partial charge in [-0.05, 0) is 94.4 Å². The highest BCUT2D eigenvalue weighted by molar-refractivity contribution is 6.35. The zero-order valence-electron chi connectivity index (χ0n) is 25.3. The number of fused-ring (bicyclic) bond motifs is 1. The summed E-state index contributed by atoms with van der Waals surface area (Å²) in [5.74, 6) is -0.351. The number of hydrogen-bond acceptors (Lipinski definition) is 4. The molecule has 0 saturated carbocycles. The average molecular weight is 580 g/mol. The third-order valence-corrected chi connectivity index (χ3v) is 9.26. The van der Waals surface area contributed by atoms with Crippen LogP contribution in [-0.4, -0.2) is 64.7 Å². The lowest BCUT2D eigenvalue weighted by molar-refractivity contribution is -0.110. The highest BCUT2D eigenvalue weighted by atomic mass is 16.2. The molecule has 0 bridgehead atoms. The molecule has 224 valence electrons. The summed E-state index contributed by atoms with van der Waals surface area (Å²) in [5, 5.41) is 6.06. The molecule has 2 fully saturated rings. The van der Waals surface area contributed by atoms with Crippen LogP contribution in [-0.2, 0) is 4.79 Å². The lowest BCUT2D eigenvalue weighted by Crippen LogP contribution is -2.42. The first-order valence-corrected chi connectivity index (χ1v) is 15.6. The largest absolute Gasteiger partial charge is 0.358 e. The van der Waals surface area contributed by atoms with Crippen LogP contribution in [0.2, 0.25) is 0 Å². The number of carbonyl (C=O) groups is 3. The van der Waals surface area contributed by atoms with Gasteiger partial charge in [0.25, 0.3) is 17.7 Å². The Morgan fingerprint density at radius 1 is 1.05 bits per heavy atom. The van der Waals surface area contributed by atoms with Crippen LogP contribution in [0.5, 0.6) is 0 Å². The Morgan fingerprint density at radius 3 is 2.56 bits per heavy atom. The molecule has 1 aromatic heterocycles. The van der Waals surface area contributed by atoms with Crippen molar-refractivity contribution in [3.05, 3.63) is 87.7 Å². The Bertz CT molecular complexity index is 1570. The van der Waals surface area contributed by atoms with Crippen molar-refractivity contribution in [3.8, 4) is 0 Å². The van der Waals surface area contributed by atoms with Crippen LogP contribution in [0.1, 0.15) is 93.9 Å². The SMILES string of the molecule is CCC(NC(=O)c1ccc2c(c1)C(=Cc1[nH]c(C)c(C(=O)N3CCCC3CN3CCCC3)c1C)C(=O)N2)c1ccccc1. The van der Waals surface area contributed by atoms with Gasteiger partial charge in [-0.25, -0.2) is 0 Å². The van der Waals surface area contributed by atoms with Gasteiger partial charge in [0, 0.05) is 47.3 Å². The molecule has 3 N–H and O–H groups in total. The second kappa shape index (κ2) is 12.2. The average Bonchev–Trinajstić information content (AvgIpc) is 3.81. The van der Waals surface area contributed by atoms with Crippen LogP contribution < -0.4 is 10.6 Å². The topological polar surface area (TPSA) is 97.5 Å². The molecule has 2 aromatic carbocycles. The van der Waals surface area contributed by atoms with Crippen LogP contribution >= 0.6 is 0 Å². The minimum atomic E-state index is -0.229. The molecule has 2 atom stereocenters. The number of nitrogens with zero attached hydrogens (tertiary/aromatic N) is 2.